The first-order chi connectivity index (χ1) is 15.5. The minimum absolute atomic E-state index is 0.114. The average molecular weight is 438 g/mol. The number of aromatic nitrogens is 2. The summed E-state index contributed by atoms with van der Waals surface area (Å²) in [7, 11) is 0. The number of nitrogens with zero attached hydrogens (tertiary/aromatic N) is 2. The van der Waals surface area contributed by atoms with Crippen molar-refractivity contribution in [2.75, 3.05) is 25.1 Å². The zero-order valence-electron chi connectivity index (χ0n) is 18.7. The lowest BCUT2D eigenvalue weighted by atomic mass is 10.0. The van der Waals surface area contributed by atoms with Gasteiger partial charge in [-0.15, -0.1) is 0 Å². The summed E-state index contributed by atoms with van der Waals surface area (Å²) >= 11 is 0. The largest absolute Gasteiger partial charge is 0.487 e. The third-order valence-corrected chi connectivity index (χ3v) is 5.93. The second-order valence-corrected chi connectivity index (χ2v) is 8.68. The molecule has 6 nitrogen and oxygen atoms in total. The lowest BCUT2D eigenvalue weighted by molar-refractivity contribution is 0.0546. The second-order valence-electron chi connectivity index (χ2n) is 8.68. The molecular weight excluding hydrogens is 409 g/mol. The minimum Gasteiger partial charge on any atom is -0.487 e. The van der Waals surface area contributed by atoms with E-state index in [1.165, 1.54) is 0 Å². The summed E-state index contributed by atoms with van der Waals surface area (Å²) in [6.45, 7) is 7.20. The Bertz CT molecular complexity index is 1150. The van der Waals surface area contributed by atoms with Crippen LogP contribution in [0.2, 0.25) is 0 Å². The number of nitrogens with one attached hydrogen (secondary N) is 1. The Hall–Kier alpha value is -2.93. The fourth-order valence-corrected chi connectivity index (χ4v) is 4.17. The van der Waals surface area contributed by atoms with Gasteiger partial charge in [-0.05, 0) is 51.2 Å². The summed E-state index contributed by atoms with van der Waals surface area (Å²) in [6, 6.07) is 9.19. The van der Waals surface area contributed by atoms with E-state index in [1.807, 2.05) is 51.1 Å². The number of ether oxygens (including phenoxy) is 3. The Labute approximate surface area is 187 Å². The Morgan fingerprint density at radius 3 is 2.78 bits per heavy atom. The molecule has 2 heterocycles. The SMILES string of the molecule is Cc1nc(NC(C)c2cccc(C3CC3)c2F)c2cc3c(cc2n1)OCCOC[C@H](C)O3. The summed E-state index contributed by atoms with van der Waals surface area (Å²) in [4.78, 5) is 9.22. The number of rotatable bonds is 4. The Morgan fingerprint density at radius 2 is 1.97 bits per heavy atom. The number of fused-ring (bicyclic) bond motifs is 2. The van der Waals surface area contributed by atoms with Crippen molar-refractivity contribution < 1.29 is 18.6 Å². The van der Waals surface area contributed by atoms with Gasteiger partial charge < -0.3 is 19.5 Å². The molecule has 5 rings (SSSR count). The van der Waals surface area contributed by atoms with Crippen molar-refractivity contribution in [2.45, 2.75) is 51.7 Å². The number of anilines is 1. The van der Waals surface area contributed by atoms with Crippen LogP contribution in [0.3, 0.4) is 0 Å². The zero-order chi connectivity index (χ0) is 22.2. The highest BCUT2D eigenvalue weighted by molar-refractivity contribution is 5.92. The molecule has 1 N–H and O–H groups in total. The molecule has 1 unspecified atom stereocenters. The molecule has 2 aliphatic rings. The highest BCUT2D eigenvalue weighted by atomic mass is 19.1. The van der Waals surface area contributed by atoms with Gasteiger partial charge in [-0.2, -0.15) is 0 Å². The number of aryl methyl sites for hydroxylation is 1. The third-order valence-electron chi connectivity index (χ3n) is 5.93. The van der Waals surface area contributed by atoms with E-state index in [2.05, 4.69) is 15.3 Å². The van der Waals surface area contributed by atoms with Gasteiger partial charge >= 0.3 is 0 Å². The van der Waals surface area contributed by atoms with E-state index >= 15 is 4.39 Å². The van der Waals surface area contributed by atoms with E-state index < -0.39 is 0 Å². The zero-order valence-corrected chi connectivity index (χ0v) is 18.7. The molecule has 0 radical (unpaired) electrons. The maximum atomic E-state index is 15.2. The molecule has 2 atom stereocenters. The van der Waals surface area contributed by atoms with Crippen LogP contribution in [0.1, 0.15) is 55.6 Å². The molecule has 1 saturated carbocycles. The van der Waals surface area contributed by atoms with Crippen molar-refractivity contribution in [2.24, 2.45) is 0 Å². The van der Waals surface area contributed by atoms with Crippen LogP contribution in [0.25, 0.3) is 10.9 Å². The van der Waals surface area contributed by atoms with E-state index in [9.17, 15) is 0 Å². The van der Waals surface area contributed by atoms with Crippen molar-refractivity contribution in [3.8, 4) is 11.5 Å². The topological polar surface area (TPSA) is 65.5 Å². The molecule has 7 heteroatoms. The summed E-state index contributed by atoms with van der Waals surface area (Å²) in [5.41, 5.74) is 2.21. The molecule has 1 aromatic heterocycles. The molecule has 0 amide bonds. The third kappa shape index (κ3) is 4.21. The van der Waals surface area contributed by atoms with Gasteiger partial charge in [-0.3, -0.25) is 0 Å². The van der Waals surface area contributed by atoms with E-state index in [-0.39, 0.29) is 18.0 Å². The van der Waals surface area contributed by atoms with Gasteiger partial charge in [0, 0.05) is 17.0 Å². The quantitative estimate of drug-likeness (QED) is 0.597. The van der Waals surface area contributed by atoms with Crippen molar-refractivity contribution in [1.82, 2.24) is 9.97 Å². The van der Waals surface area contributed by atoms with E-state index in [4.69, 9.17) is 14.2 Å². The first kappa shape index (κ1) is 20.9. The first-order valence-corrected chi connectivity index (χ1v) is 11.2. The van der Waals surface area contributed by atoms with Crippen LogP contribution in [0.15, 0.2) is 30.3 Å². The van der Waals surface area contributed by atoms with Gasteiger partial charge in [0.25, 0.3) is 0 Å². The van der Waals surface area contributed by atoms with Gasteiger partial charge in [0.1, 0.15) is 30.2 Å². The Balaban J connectivity index is 1.52. The van der Waals surface area contributed by atoms with Crippen molar-refractivity contribution in [3.05, 3.63) is 53.1 Å². The van der Waals surface area contributed by atoms with Crippen LogP contribution in [-0.4, -0.2) is 35.9 Å². The van der Waals surface area contributed by atoms with Crippen LogP contribution in [-0.2, 0) is 4.74 Å². The van der Waals surface area contributed by atoms with Crippen molar-refractivity contribution >= 4 is 16.7 Å². The molecule has 168 valence electrons. The van der Waals surface area contributed by atoms with Crippen LogP contribution in [0.5, 0.6) is 11.5 Å². The van der Waals surface area contributed by atoms with Gasteiger partial charge in [-0.25, -0.2) is 14.4 Å². The lowest BCUT2D eigenvalue weighted by Crippen LogP contribution is -2.19. The molecule has 3 aromatic rings. The summed E-state index contributed by atoms with van der Waals surface area (Å²) in [6.07, 6.45) is 2.01. The molecule has 1 fully saturated rings. The number of hydrogen-bond donors (Lipinski definition) is 1. The number of benzene rings is 2. The average Bonchev–Trinajstić information content (AvgIpc) is 3.58. The molecule has 2 aromatic carbocycles. The van der Waals surface area contributed by atoms with E-state index in [1.54, 1.807) is 0 Å². The van der Waals surface area contributed by atoms with Gasteiger partial charge in [-0.1, -0.05) is 18.2 Å². The van der Waals surface area contributed by atoms with Crippen LogP contribution in [0.4, 0.5) is 10.2 Å². The minimum atomic E-state index is -0.263. The predicted molar refractivity (Wildman–Crippen MR) is 121 cm³/mol. The normalized spacial score (nSPS) is 19.7. The molecule has 0 saturated heterocycles. The first-order valence-electron chi connectivity index (χ1n) is 11.2. The van der Waals surface area contributed by atoms with Gasteiger partial charge in [0.2, 0.25) is 0 Å². The Kier molecular flexibility index (Phi) is 5.59. The summed E-state index contributed by atoms with van der Waals surface area (Å²) < 4.78 is 32.7. The number of hydrogen-bond acceptors (Lipinski definition) is 6. The maximum absolute atomic E-state index is 15.2. The van der Waals surface area contributed by atoms with E-state index in [0.29, 0.717) is 54.4 Å². The van der Waals surface area contributed by atoms with Crippen LogP contribution in [0, 0.1) is 12.7 Å². The smallest absolute Gasteiger partial charge is 0.163 e. The summed E-state index contributed by atoms with van der Waals surface area (Å²) in [5.74, 6) is 2.77. The van der Waals surface area contributed by atoms with Gasteiger partial charge in [0.15, 0.2) is 11.5 Å². The fraction of sp³-hybridized carbons (Fsp3) is 0.440. The predicted octanol–water partition coefficient (Wildman–Crippen LogP) is 5.30. The van der Waals surface area contributed by atoms with Crippen LogP contribution < -0.4 is 14.8 Å². The summed E-state index contributed by atoms with van der Waals surface area (Å²) in [5, 5.41) is 4.22. The Morgan fingerprint density at radius 1 is 1.12 bits per heavy atom. The fourth-order valence-electron chi connectivity index (χ4n) is 4.17. The molecule has 32 heavy (non-hydrogen) atoms. The highest BCUT2D eigenvalue weighted by Gasteiger charge is 2.28. The molecule has 1 aliphatic heterocycles. The molecule has 0 spiro atoms. The van der Waals surface area contributed by atoms with Crippen LogP contribution >= 0.6 is 0 Å². The molecular formula is C25H28FN3O3. The molecule has 0 bridgehead atoms. The van der Waals surface area contributed by atoms with Gasteiger partial charge in [0.05, 0.1) is 24.8 Å². The van der Waals surface area contributed by atoms with Crippen molar-refractivity contribution in [3.63, 3.8) is 0 Å². The van der Waals surface area contributed by atoms with Crippen molar-refractivity contribution in [1.29, 1.82) is 0 Å². The lowest BCUT2D eigenvalue weighted by Gasteiger charge is -2.20. The second kappa shape index (κ2) is 8.54. The highest BCUT2D eigenvalue weighted by Crippen LogP contribution is 2.43. The number of halogens is 1. The molecule has 1 aliphatic carbocycles. The maximum Gasteiger partial charge on any atom is 0.163 e. The monoisotopic (exact) mass is 437 g/mol. The van der Waals surface area contributed by atoms with E-state index in [0.717, 1.165) is 29.3 Å². The standard InChI is InChI=1S/C25H28FN3O3/c1-14-13-30-9-10-31-22-12-21-20(11-23(22)32-14)25(29-16(3)28-21)27-15(2)18-5-4-6-19(24(18)26)17-7-8-17/h4-6,11-12,14-15,17H,7-10,13H2,1-3H3,(H,27,28,29)/t14-,15?/m0/s1.